The minimum absolute atomic E-state index is 0. The number of esters is 2. The summed E-state index contributed by atoms with van der Waals surface area (Å²) in [5.74, 6) is -0.845. The van der Waals surface area contributed by atoms with Crippen molar-refractivity contribution in [3.05, 3.63) is 174 Å². The van der Waals surface area contributed by atoms with Crippen LogP contribution in [0, 0.1) is 0 Å². The third-order valence-corrected chi connectivity index (χ3v) is 7.79. The molecule has 0 radical (unpaired) electrons. The van der Waals surface area contributed by atoms with E-state index < -0.39 is 18.0 Å². The number of carbonyl (C=O) groups excluding carboxylic acids is 2. The summed E-state index contributed by atoms with van der Waals surface area (Å²) >= 11 is 0. The van der Waals surface area contributed by atoms with Gasteiger partial charge in [0, 0.05) is 0 Å². The second-order valence-corrected chi connectivity index (χ2v) is 11.4. The number of hydrogen-bond acceptors (Lipinski definition) is 8. The maximum absolute atomic E-state index is 11.5. The van der Waals surface area contributed by atoms with Crippen LogP contribution in [-0.4, -0.2) is 91.9 Å². The molecule has 14 nitrogen and oxygen atoms in total. The van der Waals surface area contributed by atoms with E-state index in [-0.39, 0.29) is 25.5 Å². The Morgan fingerprint density at radius 1 is 0.667 bits per heavy atom. The van der Waals surface area contributed by atoms with Gasteiger partial charge in [-0.2, -0.15) is 35.2 Å². The predicted octanol–water partition coefficient (Wildman–Crippen LogP) is 7.29. The fourth-order valence-corrected chi connectivity index (χ4v) is 5.09. The van der Waals surface area contributed by atoms with Gasteiger partial charge in [0.15, 0.2) is 0 Å². The molecule has 15 heteroatoms. The molecule has 2 atom stereocenters. The second-order valence-electron chi connectivity index (χ2n) is 11.4. The summed E-state index contributed by atoms with van der Waals surface area (Å²) < 4.78 is 9.34. The topological polar surface area (TPSA) is 174 Å². The summed E-state index contributed by atoms with van der Waals surface area (Å²) in [5.41, 5.74) is 7.71. The van der Waals surface area contributed by atoms with E-state index in [1.54, 1.807) is 30.5 Å². The van der Waals surface area contributed by atoms with Crippen LogP contribution in [0.15, 0.2) is 142 Å². The number of allylic oxidation sites excluding steroid dienone is 4. The standard InChI is InChI=1S/C14H18N2O4.C14H14N2O4.C11H12N2.Ru/c1-17-19-9-11-3-5-15-13(7-11)14-8-12(4-6-16-14)10-20-18-2;1-19-13(17)9-3-5-15-11(7-9)12-8-10(4-6-16-12)14(18)20-2;1-9-5-7-13-11(8-9)10-4-2-3-6-12-10;/h3-5,7-8,13H,6,9-10H2,1-2H3;3-5,7-8,11H,6H2,1-2H3;2-5,8H,6-7H2,1H3;/q3*-2;+6. The zero-order chi connectivity index (χ0) is 37.8. The van der Waals surface area contributed by atoms with Crippen LogP contribution < -0.4 is 0 Å². The third-order valence-electron chi connectivity index (χ3n) is 7.79. The number of ether oxygens (including phenoxy) is 2. The first-order valence-corrected chi connectivity index (χ1v) is 16.8. The van der Waals surface area contributed by atoms with E-state index in [1.165, 1.54) is 40.2 Å². The molecule has 6 aliphatic rings. The van der Waals surface area contributed by atoms with Crippen molar-refractivity contribution in [3.63, 3.8) is 0 Å². The van der Waals surface area contributed by atoms with Crippen molar-refractivity contribution in [1.29, 1.82) is 0 Å². The molecule has 0 aromatic carbocycles. The second kappa shape index (κ2) is 23.7. The average Bonchev–Trinajstić information content (AvgIpc) is 3.22. The van der Waals surface area contributed by atoms with Crippen molar-refractivity contribution in [2.24, 2.45) is 0 Å². The Hall–Kier alpha value is -4.92. The van der Waals surface area contributed by atoms with Crippen LogP contribution in [0.4, 0.5) is 0 Å². The summed E-state index contributed by atoms with van der Waals surface area (Å²) in [7, 11) is 5.62. The summed E-state index contributed by atoms with van der Waals surface area (Å²) in [6.07, 6.45) is 28.0. The van der Waals surface area contributed by atoms with E-state index in [4.69, 9.17) is 9.78 Å². The van der Waals surface area contributed by atoms with Crippen LogP contribution in [0.5, 0.6) is 0 Å². The van der Waals surface area contributed by atoms with Crippen LogP contribution in [-0.2, 0) is 58.1 Å². The van der Waals surface area contributed by atoms with Gasteiger partial charge in [-0.25, -0.2) is 29.1 Å². The Morgan fingerprint density at radius 2 is 1.28 bits per heavy atom. The Kier molecular flexibility index (Phi) is 19.1. The number of hydrogen-bond donors (Lipinski definition) is 0. The van der Waals surface area contributed by atoms with E-state index >= 15 is 0 Å². The summed E-state index contributed by atoms with van der Waals surface area (Å²) in [6, 6.07) is -0.496. The maximum Gasteiger partial charge on any atom is 6.00 e. The Bertz CT molecular complexity index is 1700. The van der Waals surface area contributed by atoms with Gasteiger partial charge < -0.3 is 41.4 Å². The molecule has 6 heterocycles. The van der Waals surface area contributed by atoms with E-state index in [9.17, 15) is 9.59 Å². The van der Waals surface area contributed by atoms with Gasteiger partial charge in [-0.3, -0.25) is 0 Å². The molecule has 0 aliphatic carbocycles. The van der Waals surface area contributed by atoms with Crippen molar-refractivity contribution in [2.75, 3.05) is 67.8 Å². The monoisotopic (exact) mass is 826 g/mol. The number of nitrogens with zero attached hydrogens (tertiary/aromatic N) is 6. The molecule has 0 N–H and O–H groups in total. The molecule has 0 bridgehead atoms. The molecule has 0 saturated heterocycles. The average molecular weight is 826 g/mol. The minimum atomic E-state index is -0.429. The van der Waals surface area contributed by atoms with Crippen molar-refractivity contribution in [1.82, 2.24) is 0 Å². The van der Waals surface area contributed by atoms with E-state index in [2.05, 4.69) is 70.2 Å². The molecule has 0 aromatic rings. The van der Waals surface area contributed by atoms with Crippen LogP contribution in [0.3, 0.4) is 0 Å². The van der Waals surface area contributed by atoms with Gasteiger partial charge in [0.05, 0.1) is 39.6 Å². The zero-order valence-electron chi connectivity index (χ0n) is 30.9. The molecule has 0 spiro atoms. The molecule has 54 heavy (non-hydrogen) atoms. The molecule has 286 valence electrons. The summed E-state index contributed by atoms with van der Waals surface area (Å²) in [5, 5.41) is 26.2. The van der Waals surface area contributed by atoms with Gasteiger partial charge in [0.2, 0.25) is 0 Å². The van der Waals surface area contributed by atoms with E-state index in [1.807, 2.05) is 42.5 Å². The van der Waals surface area contributed by atoms with E-state index in [0.717, 1.165) is 41.3 Å². The van der Waals surface area contributed by atoms with Gasteiger partial charge in [0.25, 0.3) is 0 Å². The predicted molar refractivity (Wildman–Crippen MR) is 203 cm³/mol. The number of methoxy groups -OCH3 is 2. The maximum atomic E-state index is 11.5. The van der Waals surface area contributed by atoms with Crippen LogP contribution in [0.25, 0.3) is 31.9 Å². The quantitative estimate of drug-likeness (QED) is 0.0904. The van der Waals surface area contributed by atoms with Crippen LogP contribution in [0.1, 0.15) is 6.92 Å². The molecule has 0 amide bonds. The van der Waals surface area contributed by atoms with Gasteiger partial charge >= 0.3 is 31.4 Å². The summed E-state index contributed by atoms with van der Waals surface area (Å²) in [4.78, 5) is 42.1. The number of rotatable bonds is 11. The smallest absolute Gasteiger partial charge is 0.685 e. The van der Waals surface area contributed by atoms with Gasteiger partial charge in [-0.15, -0.1) is 32.3 Å². The molecule has 0 fully saturated rings. The van der Waals surface area contributed by atoms with Crippen molar-refractivity contribution in [2.45, 2.75) is 19.0 Å². The molecular formula is C39H44N6O8Ru. The van der Waals surface area contributed by atoms with Crippen molar-refractivity contribution < 1.29 is 58.1 Å². The summed E-state index contributed by atoms with van der Waals surface area (Å²) in [6.45, 7) is 5.46. The first-order chi connectivity index (χ1) is 25.8. The fourth-order valence-electron chi connectivity index (χ4n) is 5.09. The van der Waals surface area contributed by atoms with Gasteiger partial charge in [0.1, 0.15) is 13.2 Å². The fraction of sp³-hybridized carbons (Fsp3) is 0.333. The molecule has 0 saturated carbocycles. The van der Waals surface area contributed by atoms with Crippen LogP contribution in [0.2, 0.25) is 0 Å². The van der Waals surface area contributed by atoms with Gasteiger partial charge in [-0.1, -0.05) is 90.6 Å². The zero-order valence-corrected chi connectivity index (χ0v) is 32.6. The first kappa shape index (κ1) is 43.5. The molecule has 0 aromatic heterocycles. The Balaban J connectivity index is 0.000000221. The largest absolute Gasteiger partial charge is 6.00 e. The Labute approximate surface area is 329 Å². The molecule has 2 unspecified atom stereocenters. The normalized spacial score (nSPS) is 20.6. The minimum Gasteiger partial charge on any atom is -0.685 e. The third kappa shape index (κ3) is 13.8. The number of carbonyl (C=O) groups is 2. The van der Waals surface area contributed by atoms with Crippen molar-refractivity contribution >= 4 is 11.9 Å². The van der Waals surface area contributed by atoms with E-state index in [0.29, 0.717) is 43.1 Å². The SMILES string of the molecule is CC1=CC[N-]C(C2=CC=CC[N-]2)=C1.COC(=O)C1=CC[N-]C(C2C=C(C(=O)OC)C=C[N-]2)=C1.COOCC1=CC[N-]C(C2C=C(COOC)C=C[N-]2)=C1.[Ru+6]. The molecular weight excluding hydrogens is 782 g/mol. The Morgan fingerprint density at radius 3 is 1.94 bits per heavy atom. The van der Waals surface area contributed by atoms with Crippen molar-refractivity contribution in [3.8, 4) is 0 Å². The van der Waals surface area contributed by atoms with Gasteiger partial charge in [-0.05, 0) is 18.1 Å². The molecule has 6 aliphatic heterocycles. The molecule has 6 rings (SSSR count). The van der Waals surface area contributed by atoms with Crippen LogP contribution >= 0.6 is 0 Å². The first-order valence-electron chi connectivity index (χ1n) is 16.8.